The summed E-state index contributed by atoms with van der Waals surface area (Å²) in [6, 6.07) is 20.7. The zero-order chi connectivity index (χ0) is 30.3. The highest BCUT2D eigenvalue weighted by Gasteiger charge is 2.33. The molecule has 0 bridgehead atoms. The molecule has 1 aliphatic rings. The predicted molar refractivity (Wildman–Crippen MR) is 171 cm³/mol. The molecule has 42 heavy (non-hydrogen) atoms. The summed E-state index contributed by atoms with van der Waals surface area (Å²) in [7, 11) is -4.10. The van der Waals surface area contributed by atoms with E-state index in [9.17, 15) is 18.0 Å². The first kappa shape index (κ1) is 31.8. The van der Waals surface area contributed by atoms with E-state index >= 15 is 0 Å². The van der Waals surface area contributed by atoms with Gasteiger partial charge in [0.1, 0.15) is 12.6 Å². The van der Waals surface area contributed by atoms with Crippen LogP contribution in [-0.2, 0) is 32.6 Å². The third-order valence-corrected chi connectivity index (χ3v) is 10.2. The average Bonchev–Trinajstić information content (AvgIpc) is 2.99. The molecule has 2 amide bonds. The van der Waals surface area contributed by atoms with E-state index in [1.54, 1.807) is 43.3 Å². The Hall–Kier alpha value is -3.17. The summed E-state index contributed by atoms with van der Waals surface area (Å²) >= 11 is 3.45. The standard InChI is InChI=1S/C33H40BrN3O4S/c1-4-27-10-8-9-13-31(27)37(42(40,41)30-20-14-24(2)15-21-30)23-32(38)36(22-26-16-18-28(34)19-17-26)25(3)33(39)35-29-11-6-5-7-12-29/h8-10,13-21,25,29H,4-7,11-12,22-23H2,1-3H3,(H,35,39)/t25-/m0/s1. The molecule has 3 aromatic rings. The highest BCUT2D eigenvalue weighted by atomic mass is 79.9. The fraction of sp³-hybridized carbons (Fsp3) is 0.394. The average molecular weight is 655 g/mol. The van der Waals surface area contributed by atoms with E-state index in [1.807, 2.05) is 50.2 Å². The van der Waals surface area contributed by atoms with Gasteiger partial charge in [0.25, 0.3) is 10.0 Å². The Labute approximate surface area is 258 Å². The van der Waals surface area contributed by atoms with Gasteiger partial charge >= 0.3 is 0 Å². The summed E-state index contributed by atoms with van der Waals surface area (Å²) in [5.74, 6) is -0.680. The number of nitrogens with one attached hydrogen (secondary N) is 1. The number of benzene rings is 3. The smallest absolute Gasteiger partial charge is 0.264 e. The number of nitrogens with zero attached hydrogens (tertiary/aromatic N) is 2. The molecular formula is C33H40BrN3O4S. The number of hydrogen-bond donors (Lipinski definition) is 1. The van der Waals surface area contributed by atoms with Gasteiger partial charge < -0.3 is 10.2 Å². The second-order valence-electron chi connectivity index (χ2n) is 11.0. The number of carbonyl (C=O) groups is 2. The Morgan fingerprint density at radius 3 is 2.24 bits per heavy atom. The second-order valence-corrected chi connectivity index (χ2v) is 13.8. The van der Waals surface area contributed by atoms with E-state index < -0.39 is 28.5 Å². The topological polar surface area (TPSA) is 86.8 Å². The van der Waals surface area contributed by atoms with Crippen molar-refractivity contribution in [1.29, 1.82) is 0 Å². The van der Waals surface area contributed by atoms with Gasteiger partial charge in [0.15, 0.2) is 0 Å². The van der Waals surface area contributed by atoms with Gasteiger partial charge in [-0.25, -0.2) is 8.42 Å². The fourth-order valence-electron chi connectivity index (χ4n) is 5.34. The first-order valence-electron chi connectivity index (χ1n) is 14.6. The number of amides is 2. The van der Waals surface area contributed by atoms with Crippen molar-refractivity contribution in [2.45, 2.75) is 82.8 Å². The molecule has 0 radical (unpaired) electrons. The maximum atomic E-state index is 14.2. The van der Waals surface area contributed by atoms with E-state index in [1.165, 1.54) is 15.6 Å². The molecule has 7 nitrogen and oxygen atoms in total. The lowest BCUT2D eigenvalue weighted by molar-refractivity contribution is -0.139. The lowest BCUT2D eigenvalue weighted by Gasteiger charge is -2.33. The van der Waals surface area contributed by atoms with Crippen molar-refractivity contribution >= 4 is 43.5 Å². The van der Waals surface area contributed by atoms with Gasteiger partial charge in [0.2, 0.25) is 11.8 Å². The quantitative estimate of drug-likeness (QED) is 0.260. The molecule has 0 aliphatic heterocycles. The summed E-state index contributed by atoms with van der Waals surface area (Å²) in [5.41, 5.74) is 3.04. The minimum Gasteiger partial charge on any atom is -0.352 e. The van der Waals surface area contributed by atoms with Crippen molar-refractivity contribution in [3.63, 3.8) is 0 Å². The Morgan fingerprint density at radius 1 is 0.952 bits per heavy atom. The molecule has 0 aromatic heterocycles. The van der Waals surface area contributed by atoms with Crippen LogP contribution in [0.3, 0.4) is 0 Å². The van der Waals surface area contributed by atoms with Gasteiger partial charge in [-0.1, -0.05) is 90.1 Å². The number of para-hydroxylation sites is 1. The third-order valence-electron chi connectivity index (χ3n) is 7.91. The summed E-state index contributed by atoms with van der Waals surface area (Å²) < 4.78 is 30.3. The number of sulfonamides is 1. The zero-order valence-electron chi connectivity index (χ0n) is 24.6. The van der Waals surface area contributed by atoms with Crippen LogP contribution in [0.2, 0.25) is 0 Å². The van der Waals surface area contributed by atoms with Gasteiger partial charge in [-0.15, -0.1) is 0 Å². The third kappa shape index (κ3) is 7.81. The summed E-state index contributed by atoms with van der Waals surface area (Å²) in [4.78, 5) is 29.3. The molecule has 0 heterocycles. The molecule has 1 saturated carbocycles. The Morgan fingerprint density at radius 2 is 1.60 bits per heavy atom. The summed E-state index contributed by atoms with van der Waals surface area (Å²) in [6.45, 7) is 5.29. The number of hydrogen-bond acceptors (Lipinski definition) is 4. The minimum atomic E-state index is -4.10. The normalized spacial score (nSPS) is 14.7. The Bertz CT molecular complexity index is 1470. The number of carbonyl (C=O) groups excluding carboxylic acids is 2. The zero-order valence-corrected chi connectivity index (χ0v) is 27.0. The molecule has 1 fully saturated rings. The molecule has 3 aromatic carbocycles. The highest BCUT2D eigenvalue weighted by molar-refractivity contribution is 9.10. The molecule has 1 aliphatic carbocycles. The molecule has 0 spiro atoms. The van der Waals surface area contributed by atoms with Crippen LogP contribution in [0.4, 0.5) is 5.69 Å². The second kappa shape index (κ2) is 14.3. The SMILES string of the molecule is CCc1ccccc1N(CC(=O)N(Cc1ccc(Br)cc1)[C@@H](C)C(=O)NC1CCCCC1)S(=O)(=O)c1ccc(C)cc1. The summed E-state index contributed by atoms with van der Waals surface area (Å²) in [6.07, 6.45) is 5.76. The molecular weight excluding hydrogens is 614 g/mol. The monoisotopic (exact) mass is 653 g/mol. The number of anilines is 1. The maximum Gasteiger partial charge on any atom is 0.264 e. The van der Waals surface area contributed by atoms with Gasteiger partial charge in [-0.3, -0.25) is 13.9 Å². The van der Waals surface area contributed by atoms with Crippen LogP contribution in [0, 0.1) is 6.92 Å². The van der Waals surface area contributed by atoms with E-state index in [0.717, 1.165) is 46.8 Å². The molecule has 9 heteroatoms. The molecule has 1 atom stereocenters. The van der Waals surface area contributed by atoms with E-state index in [4.69, 9.17) is 0 Å². The van der Waals surface area contributed by atoms with Crippen LogP contribution in [0.25, 0.3) is 0 Å². The maximum absolute atomic E-state index is 14.2. The van der Waals surface area contributed by atoms with Crippen LogP contribution >= 0.6 is 15.9 Å². The van der Waals surface area contributed by atoms with Crippen molar-refractivity contribution in [2.75, 3.05) is 10.8 Å². The van der Waals surface area contributed by atoms with Crippen molar-refractivity contribution in [3.05, 3.63) is 94.0 Å². The van der Waals surface area contributed by atoms with Crippen LogP contribution in [-0.4, -0.2) is 43.8 Å². The Kier molecular flexibility index (Phi) is 10.8. The summed E-state index contributed by atoms with van der Waals surface area (Å²) in [5, 5.41) is 3.14. The number of aryl methyl sites for hydroxylation is 2. The van der Waals surface area contributed by atoms with Crippen molar-refractivity contribution < 1.29 is 18.0 Å². The largest absolute Gasteiger partial charge is 0.352 e. The molecule has 0 unspecified atom stereocenters. The minimum absolute atomic E-state index is 0.0909. The van der Waals surface area contributed by atoms with E-state index in [2.05, 4.69) is 21.2 Å². The molecule has 224 valence electrons. The number of rotatable bonds is 11. The molecule has 1 N–H and O–H groups in total. The predicted octanol–water partition coefficient (Wildman–Crippen LogP) is 6.38. The van der Waals surface area contributed by atoms with E-state index in [0.29, 0.717) is 12.1 Å². The van der Waals surface area contributed by atoms with Gasteiger partial charge in [-0.05, 0) is 74.6 Å². The van der Waals surface area contributed by atoms with Gasteiger partial charge in [-0.2, -0.15) is 0 Å². The highest BCUT2D eigenvalue weighted by Crippen LogP contribution is 2.28. The van der Waals surface area contributed by atoms with Gasteiger partial charge in [0, 0.05) is 17.1 Å². The van der Waals surface area contributed by atoms with Crippen LogP contribution in [0.15, 0.2) is 82.2 Å². The van der Waals surface area contributed by atoms with Crippen molar-refractivity contribution in [2.24, 2.45) is 0 Å². The molecule has 0 saturated heterocycles. The van der Waals surface area contributed by atoms with Gasteiger partial charge in [0.05, 0.1) is 10.6 Å². The number of halogens is 1. The molecule has 4 rings (SSSR count). The Balaban J connectivity index is 1.70. The van der Waals surface area contributed by atoms with E-state index in [-0.39, 0.29) is 23.4 Å². The van der Waals surface area contributed by atoms with Crippen molar-refractivity contribution in [1.82, 2.24) is 10.2 Å². The lowest BCUT2D eigenvalue weighted by atomic mass is 9.95. The fourth-order valence-corrected chi connectivity index (χ4v) is 7.06. The van der Waals surface area contributed by atoms with Crippen LogP contribution < -0.4 is 9.62 Å². The van der Waals surface area contributed by atoms with Crippen LogP contribution in [0.5, 0.6) is 0 Å². The van der Waals surface area contributed by atoms with Crippen molar-refractivity contribution in [3.8, 4) is 0 Å². The van der Waals surface area contributed by atoms with Crippen LogP contribution in [0.1, 0.15) is 62.6 Å². The first-order chi connectivity index (χ1) is 20.1. The lowest BCUT2D eigenvalue weighted by Crippen LogP contribution is -2.53. The first-order valence-corrected chi connectivity index (χ1v) is 16.8.